The van der Waals surface area contributed by atoms with Crippen LogP contribution in [0, 0.1) is 5.92 Å². The SMILES string of the molecule is CCCC[C@H]1OC(=O)C[C@@H]1CC(=O)c1ccccc1. The number of Topliss-reactive ketones (excluding diaryl/α,β-unsaturated/α-hetero) is 1. The molecule has 0 aromatic heterocycles. The summed E-state index contributed by atoms with van der Waals surface area (Å²) < 4.78 is 5.32. The van der Waals surface area contributed by atoms with E-state index in [9.17, 15) is 9.59 Å². The maximum absolute atomic E-state index is 12.2. The van der Waals surface area contributed by atoms with Gasteiger partial charge in [-0.3, -0.25) is 9.59 Å². The number of rotatable bonds is 6. The van der Waals surface area contributed by atoms with Gasteiger partial charge in [0.1, 0.15) is 6.10 Å². The molecule has 0 bridgehead atoms. The Morgan fingerprint density at radius 2 is 2.05 bits per heavy atom. The molecule has 2 atom stereocenters. The van der Waals surface area contributed by atoms with Crippen LogP contribution in [0.15, 0.2) is 30.3 Å². The van der Waals surface area contributed by atoms with Gasteiger partial charge in [0.05, 0.1) is 6.42 Å². The number of hydrogen-bond donors (Lipinski definition) is 0. The fourth-order valence-corrected chi connectivity index (χ4v) is 2.54. The Hall–Kier alpha value is -1.64. The second-order valence-corrected chi connectivity index (χ2v) is 5.13. The molecule has 3 heteroatoms. The molecule has 1 fully saturated rings. The first-order valence-corrected chi connectivity index (χ1v) is 6.98. The average molecular weight is 260 g/mol. The number of cyclic esters (lactones) is 1. The minimum Gasteiger partial charge on any atom is -0.462 e. The first kappa shape index (κ1) is 13.8. The molecule has 1 saturated heterocycles. The normalized spacial score (nSPS) is 22.3. The van der Waals surface area contributed by atoms with Crippen LogP contribution in [0.1, 0.15) is 49.4 Å². The molecule has 2 rings (SSSR count). The Morgan fingerprint density at radius 3 is 2.74 bits per heavy atom. The van der Waals surface area contributed by atoms with E-state index < -0.39 is 0 Å². The molecule has 19 heavy (non-hydrogen) atoms. The van der Waals surface area contributed by atoms with Gasteiger partial charge in [-0.15, -0.1) is 0 Å². The molecule has 0 radical (unpaired) electrons. The van der Waals surface area contributed by atoms with Crippen LogP contribution >= 0.6 is 0 Å². The molecule has 1 heterocycles. The molecule has 102 valence electrons. The van der Waals surface area contributed by atoms with E-state index in [0.717, 1.165) is 24.8 Å². The van der Waals surface area contributed by atoms with Gasteiger partial charge in [0, 0.05) is 17.9 Å². The largest absolute Gasteiger partial charge is 0.462 e. The lowest BCUT2D eigenvalue weighted by Gasteiger charge is -2.16. The number of esters is 1. The third-order valence-corrected chi connectivity index (χ3v) is 3.62. The van der Waals surface area contributed by atoms with Crippen molar-refractivity contribution in [2.24, 2.45) is 5.92 Å². The summed E-state index contributed by atoms with van der Waals surface area (Å²) in [6, 6.07) is 9.25. The summed E-state index contributed by atoms with van der Waals surface area (Å²) in [6.45, 7) is 2.11. The molecule has 1 aromatic carbocycles. The van der Waals surface area contributed by atoms with Crippen molar-refractivity contribution in [1.82, 2.24) is 0 Å². The first-order chi connectivity index (χ1) is 9.20. The molecule has 3 nitrogen and oxygen atoms in total. The lowest BCUT2D eigenvalue weighted by molar-refractivity contribution is -0.141. The van der Waals surface area contributed by atoms with E-state index in [4.69, 9.17) is 4.74 Å². The second-order valence-electron chi connectivity index (χ2n) is 5.13. The Bertz CT molecular complexity index is 439. The molecule has 1 aliphatic heterocycles. The van der Waals surface area contributed by atoms with Gasteiger partial charge in [-0.25, -0.2) is 0 Å². The zero-order chi connectivity index (χ0) is 13.7. The Kier molecular flexibility index (Phi) is 4.72. The van der Waals surface area contributed by atoms with Crippen molar-refractivity contribution >= 4 is 11.8 Å². The summed E-state index contributed by atoms with van der Waals surface area (Å²) in [7, 11) is 0. The Labute approximate surface area is 114 Å². The quantitative estimate of drug-likeness (QED) is 0.581. The molecule has 0 N–H and O–H groups in total. The average Bonchev–Trinajstić information content (AvgIpc) is 2.77. The minimum absolute atomic E-state index is 0.0479. The summed E-state index contributed by atoms with van der Waals surface area (Å²) in [5.74, 6) is -0.0101. The maximum Gasteiger partial charge on any atom is 0.306 e. The van der Waals surface area contributed by atoms with E-state index in [-0.39, 0.29) is 23.8 Å². The molecule has 0 saturated carbocycles. The standard InChI is InChI=1S/C16H20O3/c1-2-3-9-15-13(11-16(18)19-15)10-14(17)12-7-5-4-6-8-12/h4-8,13,15H,2-3,9-11H2,1H3/t13-,15+/m0/s1. The highest BCUT2D eigenvalue weighted by atomic mass is 16.5. The molecule has 0 amide bonds. The smallest absolute Gasteiger partial charge is 0.306 e. The number of ether oxygens (including phenoxy) is 1. The van der Waals surface area contributed by atoms with Crippen LogP contribution in [0.4, 0.5) is 0 Å². The van der Waals surface area contributed by atoms with Crippen LogP contribution in [-0.2, 0) is 9.53 Å². The topological polar surface area (TPSA) is 43.4 Å². The highest BCUT2D eigenvalue weighted by Crippen LogP contribution is 2.29. The molecule has 0 unspecified atom stereocenters. The zero-order valence-corrected chi connectivity index (χ0v) is 11.3. The number of benzene rings is 1. The fraction of sp³-hybridized carbons (Fsp3) is 0.500. The molecule has 0 spiro atoms. The van der Waals surface area contributed by atoms with E-state index in [0.29, 0.717) is 12.8 Å². The number of carbonyl (C=O) groups is 2. The second kappa shape index (κ2) is 6.50. The van der Waals surface area contributed by atoms with Crippen molar-refractivity contribution in [3.63, 3.8) is 0 Å². The van der Waals surface area contributed by atoms with Crippen LogP contribution in [-0.4, -0.2) is 17.9 Å². The molecule has 1 aliphatic rings. The van der Waals surface area contributed by atoms with E-state index >= 15 is 0 Å². The fourth-order valence-electron chi connectivity index (χ4n) is 2.54. The predicted octanol–water partition coefficient (Wildman–Crippen LogP) is 3.38. The Balaban J connectivity index is 1.97. The van der Waals surface area contributed by atoms with Gasteiger partial charge in [-0.2, -0.15) is 0 Å². The van der Waals surface area contributed by atoms with Crippen molar-refractivity contribution in [2.75, 3.05) is 0 Å². The Morgan fingerprint density at radius 1 is 1.32 bits per heavy atom. The predicted molar refractivity (Wildman–Crippen MR) is 72.9 cm³/mol. The lowest BCUT2D eigenvalue weighted by atomic mass is 9.90. The van der Waals surface area contributed by atoms with Gasteiger partial charge in [-0.1, -0.05) is 50.1 Å². The van der Waals surface area contributed by atoms with Crippen LogP contribution < -0.4 is 0 Å². The summed E-state index contributed by atoms with van der Waals surface area (Å²) >= 11 is 0. The highest BCUT2D eigenvalue weighted by molar-refractivity contribution is 5.96. The number of hydrogen-bond acceptors (Lipinski definition) is 3. The molecular formula is C16H20O3. The highest BCUT2D eigenvalue weighted by Gasteiger charge is 2.35. The maximum atomic E-state index is 12.2. The van der Waals surface area contributed by atoms with Gasteiger partial charge in [0.2, 0.25) is 0 Å². The van der Waals surface area contributed by atoms with E-state index in [1.54, 1.807) is 0 Å². The summed E-state index contributed by atoms with van der Waals surface area (Å²) in [6.07, 6.45) is 3.70. The third kappa shape index (κ3) is 3.66. The molecular weight excluding hydrogens is 240 g/mol. The number of ketones is 1. The summed E-state index contributed by atoms with van der Waals surface area (Å²) in [5, 5.41) is 0. The molecule has 1 aromatic rings. The van der Waals surface area contributed by atoms with Gasteiger partial charge < -0.3 is 4.74 Å². The number of carbonyl (C=O) groups excluding carboxylic acids is 2. The van der Waals surface area contributed by atoms with Crippen LogP contribution in [0.25, 0.3) is 0 Å². The van der Waals surface area contributed by atoms with Gasteiger partial charge in [-0.05, 0) is 6.42 Å². The molecule has 0 aliphatic carbocycles. The number of unbranched alkanes of at least 4 members (excludes halogenated alkanes) is 1. The summed E-state index contributed by atoms with van der Waals surface area (Å²) in [5.41, 5.74) is 0.719. The van der Waals surface area contributed by atoms with Crippen molar-refractivity contribution in [2.45, 2.75) is 45.1 Å². The summed E-state index contributed by atoms with van der Waals surface area (Å²) in [4.78, 5) is 23.6. The van der Waals surface area contributed by atoms with Crippen molar-refractivity contribution in [1.29, 1.82) is 0 Å². The van der Waals surface area contributed by atoms with Crippen molar-refractivity contribution in [3.05, 3.63) is 35.9 Å². The van der Waals surface area contributed by atoms with E-state index in [2.05, 4.69) is 6.92 Å². The minimum atomic E-state index is -0.160. The van der Waals surface area contributed by atoms with Gasteiger partial charge in [0.25, 0.3) is 0 Å². The lowest BCUT2D eigenvalue weighted by Crippen LogP contribution is -2.19. The zero-order valence-electron chi connectivity index (χ0n) is 11.3. The van der Waals surface area contributed by atoms with E-state index in [1.165, 1.54) is 0 Å². The van der Waals surface area contributed by atoms with Gasteiger partial charge in [0.15, 0.2) is 5.78 Å². The van der Waals surface area contributed by atoms with Crippen molar-refractivity contribution in [3.8, 4) is 0 Å². The van der Waals surface area contributed by atoms with Crippen LogP contribution in [0.3, 0.4) is 0 Å². The van der Waals surface area contributed by atoms with Crippen LogP contribution in [0.2, 0.25) is 0 Å². The van der Waals surface area contributed by atoms with Crippen molar-refractivity contribution < 1.29 is 14.3 Å². The van der Waals surface area contributed by atoms with Crippen LogP contribution in [0.5, 0.6) is 0 Å². The monoisotopic (exact) mass is 260 g/mol. The van der Waals surface area contributed by atoms with E-state index in [1.807, 2.05) is 30.3 Å². The first-order valence-electron chi connectivity index (χ1n) is 6.98. The van der Waals surface area contributed by atoms with Gasteiger partial charge >= 0.3 is 5.97 Å². The third-order valence-electron chi connectivity index (χ3n) is 3.62.